The van der Waals surface area contributed by atoms with Crippen LogP contribution in [0.15, 0.2) is 18.2 Å². The summed E-state index contributed by atoms with van der Waals surface area (Å²) in [5, 5.41) is 0. The highest BCUT2D eigenvalue weighted by atomic mass is 32.2. The van der Waals surface area contributed by atoms with Crippen LogP contribution in [0.25, 0.3) is 0 Å². The van der Waals surface area contributed by atoms with Crippen LogP contribution in [0.2, 0.25) is 0 Å². The Balaban J connectivity index is 1.47. The Morgan fingerprint density at radius 3 is 3.04 bits per heavy atom. The second kappa shape index (κ2) is 5.58. The fourth-order valence-corrected chi connectivity index (χ4v) is 4.90. The molecule has 0 saturated carbocycles. The molecule has 0 radical (unpaired) electrons. The molecule has 128 valence electrons. The van der Waals surface area contributed by atoms with Crippen LogP contribution in [0.4, 0.5) is 0 Å². The second-order valence-electron chi connectivity index (χ2n) is 6.46. The molecule has 4 rings (SSSR count). The van der Waals surface area contributed by atoms with Crippen LogP contribution in [-0.2, 0) is 14.3 Å². The zero-order valence-corrected chi connectivity index (χ0v) is 14.4. The number of thioether (sulfide) groups is 1. The molecule has 3 atom stereocenters. The maximum Gasteiger partial charge on any atom is 0.330 e. The summed E-state index contributed by atoms with van der Waals surface area (Å²) in [6.07, 6.45) is 0.879. The van der Waals surface area contributed by atoms with Gasteiger partial charge in [-0.05, 0) is 38.0 Å². The molecular weight excluding hydrogens is 330 g/mol. The van der Waals surface area contributed by atoms with Crippen LogP contribution in [0.5, 0.6) is 11.5 Å². The fraction of sp³-hybridized carbons (Fsp3) is 0.529. The van der Waals surface area contributed by atoms with E-state index in [9.17, 15) is 9.59 Å². The van der Waals surface area contributed by atoms with E-state index in [1.54, 1.807) is 16.7 Å². The van der Waals surface area contributed by atoms with Crippen molar-refractivity contribution in [3.05, 3.63) is 23.8 Å². The first-order chi connectivity index (χ1) is 11.5. The highest BCUT2D eigenvalue weighted by molar-refractivity contribution is 8.01. The lowest BCUT2D eigenvalue weighted by Gasteiger charge is -2.30. The summed E-state index contributed by atoms with van der Waals surface area (Å²) in [5.74, 6) is 1.65. The molecule has 1 amide bonds. The summed E-state index contributed by atoms with van der Waals surface area (Å²) < 4.78 is 16.3. The van der Waals surface area contributed by atoms with E-state index in [0.717, 1.165) is 12.0 Å². The third-order valence-electron chi connectivity index (χ3n) is 4.88. The first-order valence-corrected chi connectivity index (χ1v) is 9.03. The van der Waals surface area contributed by atoms with Gasteiger partial charge in [-0.15, -0.1) is 11.8 Å². The number of carbonyl (C=O) groups is 2. The Morgan fingerprint density at radius 1 is 1.42 bits per heavy atom. The van der Waals surface area contributed by atoms with Crippen molar-refractivity contribution in [2.24, 2.45) is 0 Å². The number of fused-ring (bicyclic) bond motifs is 2. The molecule has 3 aliphatic heterocycles. The predicted molar refractivity (Wildman–Crippen MR) is 87.8 cm³/mol. The molecule has 2 fully saturated rings. The van der Waals surface area contributed by atoms with Crippen molar-refractivity contribution in [2.75, 3.05) is 12.5 Å². The average molecular weight is 349 g/mol. The number of ether oxygens (including phenoxy) is 3. The molecule has 6 nitrogen and oxygen atoms in total. The lowest BCUT2D eigenvalue weighted by molar-refractivity contribution is -0.157. The Kier molecular flexibility index (Phi) is 3.63. The molecular formula is C17H19NO5S. The van der Waals surface area contributed by atoms with E-state index in [4.69, 9.17) is 14.2 Å². The molecule has 3 heterocycles. The topological polar surface area (TPSA) is 65.1 Å². The van der Waals surface area contributed by atoms with E-state index in [1.165, 1.54) is 0 Å². The number of rotatable bonds is 3. The Hall–Kier alpha value is -1.89. The number of carbonyl (C=O) groups excluding carboxylic acids is 2. The standard InChI is InChI=1S/C17H19NO5S/c1-10(11-3-4-13-14(7-11)22-9-21-13)23-16(20)12-8-24-17(2)6-5-15(19)18(12)17/h3-4,7,10,12H,5-6,8-9H2,1-2H3/t10-,12-,17-/m0/s1. The summed E-state index contributed by atoms with van der Waals surface area (Å²) >= 11 is 1.66. The summed E-state index contributed by atoms with van der Waals surface area (Å²) in [5.41, 5.74) is 0.841. The maximum atomic E-state index is 12.6. The fourth-order valence-electron chi connectivity index (χ4n) is 3.48. The van der Waals surface area contributed by atoms with Gasteiger partial charge in [0.1, 0.15) is 12.1 Å². The van der Waals surface area contributed by atoms with Crippen LogP contribution in [-0.4, -0.2) is 40.2 Å². The van der Waals surface area contributed by atoms with Gasteiger partial charge in [-0.1, -0.05) is 6.07 Å². The van der Waals surface area contributed by atoms with E-state index in [2.05, 4.69) is 0 Å². The third kappa shape index (κ3) is 2.42. The number of nitrogens with zero attached hydrogens (tertiary/aromatic N) is 1. The molecule has 0 spiro atoms. The van der Waals surface area contributed by atoms with E-state index in [-0.39, 0.29) is 23.5 Å². The monoisotopic (exact) mass is 349 g/mol. The minimum absolute atomic E-state index is 0.0418. The van der Waals surface area contributed by atoms with Crippen LogP contribution in [0.3, 0.4) is 0 Å². The average Bonchev–Trinajstić information content (AvgIpc) is 3.22. The minimum atomic E-state index is -0.494. The molecule has 24 heavy (non-hydrogen) atoms. The van der Waals surface area contributed by atoms with Crippen molar-refractivity contribution in [1.82, 2.24) is 4.90 Å². The van der Waals surface area contributed by atoms with Gasteiger partial charge in [0, 0.05) is 12.2 Å². The van der Waals surface area contributed by atoms with Gasteiger partial charge in [0.05, 0.1) is 4.87 Å². The van der Waals surface area contributed by atoms with Crippen molar-refractivity contribution in [2.45, 2.75) is 43.7 Å². The van der Waals surface area contributed by atoms with Gasteiger partial charge >= 0.3 is 5.97 Å². The Bertz CT molecular complexity index is 708. The largest absolute Gasteiger partial charge is 0.456 e. The summed E-state index contributed by atoms with van der Waals surface area (Å²) in [6, 6.07) is 5.01. The van der Waals surface area contributed by atoms with Gasteiger partial charge in [0.15, 0.2) is 11.5 Å². The highest BCUT2D eigenvalue weighted by Gasteiger charge is 2.53. The second-order valence-corrected chi connectivity index (χ2v) is 7.96. The molecule has 0 unspecified atom stereocenters. The zero-order chi connectivity index (χ0) is 16.9. The number of hydrogen-bond donors (Lipinski definition) is 0. The maximum absolute atomic E-state index is 12.6. The predicted octanol–water partition coefficient (Wildman–Crippen LogP) is 2.47. The van der Waals surface area contributed by atoms with Gasteiger partial charge in [-0.25, -0.2) is 4.79 Å². The molecule has 0 aliphatic carbocycles. The Labute approximate surface area is 144 Å². The quantitative estimate of drug-likeness (QED) is 0.781. The van der Waals surface area contributed by atoms with Gasteiger partial charge in [0.25, 0.3) is 0 Å². The summed E-state index contributed by atoms with van der Waals surface area (Å²) in [7, 11) is 0. The molecule has 2 saturated heterocycles. The van der Waals surface area contributed by atoms with Crippen LogP contribution >= 0.6 is 11.8 Å². The van der Waals surface area contributed by atoms with Gasteiger partial charge in [0.2, 0.25) is 12.7 Å². The molecule has 0 bridgehead atoms. The molecule has 0 aromatic heterocycles. The lowest BCUT2D eigenvalue weighted by Crippen LogP contribution is -2.46. The molecule has 1 aromatic rings. The van der Waals surface area contributed by atoms with Crippen molar-refractivity contribution in [3.63, 3.8) is 0 Å². The normalized spacial score (nSPS) is 28.8. The molecule has 0 N–H and O–H groups in total. The van der Waals surface area contributed by atoms with Crippen LogP contribution in [0.1, 0.15) is 38.4 Å². The van der Waals surface area contributed by atoms with Crippen molar-refractivity contribution in [3.8, 4) is 11.5 Å². The number of benzene rings is 1. The third-order valence-corrected chi connectivity index (χ3v) is 6.38. The van der Waals surface area contributed by atoms with Gasteiger partial charge in [-0.2, -0.15) is 0 Å². The first kappa shape index (κ1) is 15.6. The van der Waals surface area contributed by atoms with Crippen molar-refractivity contribution < 1.29 is 23.8 Å². The highest BCUT2D eigenvalue weighted by Crippen LogP contribution is 2.47. The smallest absolute Gasteiger partial charge is 0.330 e. The summed E-state index contributed by atoms with van der Waals surface area (Å²) in [4.78, 5) is 26.2. The van der Waals surface area contributed by atoms with Crippen LogP contribution in [0, 0.1) is 0 Å². The molecule has 1 aromatic carbocycles. The summed E-state index contributed by atoms with van der Waals surface area (Å²) in [6.45, 7) is 4.06. The van der Waals surface area contributed by atoms with E-state index >= 15 is 0 Å². The lowest BCUT2D eigenvalue weighted by atomic mass is 10.1. The number of hydrogen-bond acceptors (Lipinski definition) is 6. The van der Waals surface area contributed by atoms with Crippen LogP contribution < -0.4 is 9.47 Å². The minimum Gasteiger partial charge on any atom is -0.456 e. The van der Waals surface area contributed by atoms with E-state index in [1.807, 2.05) is 32.0 Å². The van der Waals surface area contributed by atoms with Crippen molar-refractivity contribution >= 4 is 23.6 Å². The first-order valence-electron chi connectivity index (χ1n) is 8.04. The van der Waals surface area contributed by atoms with E-state index < -0.39 is 12.1 Å². The number of esters is 1. The van der Waals surface area contributed by atoms with Crippen molar-refractivity contribution in [1.29, 1.82) is 0 Å². The Morgan fingerprint density at radius 2 is 2.21 bits per heavy atom. The van der Waals surface area contributed by atoms with Gasteiger partial charge < -0.3 is 19.1 Å². The van der Waals surface area contributed by atoms with Gasteiger partial charge in [-0.3, -0.25) is 4.79 Å². The number of amides is 1. The zero-order valence-electron chi connectivity index (χ0n) is 13.6. The molecule has 7 heteroatoms. The molecule has 3 aliphatic rings. The SMILES string of the molecule is C[C@H](OC(=O)[C@@H]1CS[C@@]2(C)CCC(=O)N12)c1ccc2c(c1)OCO2. The van der Waals surface area contributed by atoms with E-state index in [0.29, 0.717) is 23.7 Å².